The van der Waals surface area contributed by atoms with Gasteiger partial charge in [-0.1, -0.05) is 23.7 Å². The van der Waals surface area contributed by atoms with Crippen molar-refractivity contribution in [1.82, 2.24) is 14.9 Å². The van der Waals surface area contributed by atoms with Crippen LogP contribution in [0.25, 0.3) is 10.9 Å². The lowest BCUT2D eigenvalue weighted by Gasteiger charge is -2.38. The molecule has 8 heteroatoms. The van der Waals surface area contributed by atoms with E-state index in [1.165, 1.54) is 23.0 Å². The molecule has 30 heavy (non-hydrogen) atoms. The van der Waals surface area contributed by atoms with Gasteiger partial charge in [0, 0.05) is 30.2 Å². The number of nitrogens with one attached hydrogen (secondary N) is 1. The average Bonchev–Trinajstić information content (AvgIpc) is 2.76. The fourth-order valence-corrected chi connectivity index (χ4v) is 3.98. The van der Waals surface area contributed by atoms with Crippen LogP contribution in [0.3, 0.4) is 0 Å². The fourth-order valence-electron chi connectivity index (χ4n) is 3.86. The molecule has 2 heterocycles. The zero-order valence-electron chi connectivity index (χ0n) is 16.2. The maximum Gasteiger partial charge on any atom is 0.261 e. The predicted molar refractivity (Wildman–Crippen MR) is 112 cm³/mol. The number of halogens is 2. The molecule has 0 atom stereocenters. The minimum Gasteiger partial charge on any atom is -0.381 e. The van der Waals surface area contributed by atoms with Crippen LogP contribution >= 0.6 is 11.6 Å². The lowest BCUT2D eigenvalue weighted by molar-refractivity contribution is -0.122. The average molecular weight is 430 g/mol. The van der Waals surface area contributed by atoms with Crippen molar-refractivity contribution in [2.24, 2.45) is 0 Å². The maximum absolute atomic E-state index is 13.5. The number of hydrogen-bond acceptors (Lipinski definition) is 4. The molecule has 156 valence electrons. The molecule has 0 spiro atoms. The van der Waals surface area contributed by atoms with Crippen LogP contribution in [0.5, 0.6) is 0 Å². The molecule has 2 aromatic carbocycles. The summed E-state index contributed by atoms with van der Waals surface area (Å²) in [4.78, 5) is 29.3. The Morgan fingerprint density at radius 1 is 1.20 bits per heavy atom. The summed E-state index contributed by atoms with van der Waals surface area (Å²) in [6.07, 6.45) is 2.85. The zero-order valence-corrected chi connectivity index (χ0v) is 17.0. The Morgan fingerprint density at radius 2 is 1.93 bits per heavy atom. The number of carbonyl (C=O) groups is 1. The zero-order chi connectivity index (χ0) is 21.1. The lowest BCUT2D eigenvalue weighted by atomic mass is 9.74. The van der Waals surface area contributed by atoms with E-state index in [0.717, 1.165) is 24.5 Å². The number of rotatable bonds is 5. The van der Waals surface area contributed by atoms with Crippen LogP contribution in [-0.4, -0.2) is 35.2 Å². The highest BCUT2D eigenvalue weighted by Gasteiger charge is 2.34. The second-order valence-corrected chi connectivity index (χ2v) is 7.95. The first-order valence-corrected chi connectivity index (χ1v) is 10.1. The lowest BCUT2D eigenvalue weighted by Crippen LogP contribution is -2.45. The van der Waals surface area contributed by atoms with Gasteiger partial charge in [-0.3, -0.25) is 14.2 Å². The van der Waals surface area contributed by atoms with Gasteiger partial charge in [-0.2, -0.15) is 0 Å². The van der Waals surface area contributed by atoms with Crippen LogP contribution < -0.4 is 10.9 Å². The molecule has 1 amide bonds. The number of carbonyl (C=O) groups excluding carboxylic acids is 1. The quantitative estimate of drug-likeness (QED) is 0.676. The van der Waals surface area contributed by atoms with Crippen molar-refractivity contribution < 1.29 is 13.9 Å². The molecule has 0 saturated carbocycles. The van der Waals surface area contributed by atoms with Gasteiger partial charge in [0.25, 0.3) is 5.56 Å². The van der Waals surface area contributed by atoms with Gasteiger partial charge in [0.15, 0.2) is 0 Å². The van der Waals surface area contributed by atoms with Gasteiger partial charge in [-0.25, -0.2) is 9.37 Å². The van der Waals surface area contributed by atoms with Gasteiger partial charge in [0.2, 0.25) is 5.91 Å². The summed E-state index contributed by atoms with van der Waals surface area (Å²) >= 11 is 6.02. The van der Waals surface area contributed by atoms with Crippen LogP contribution in [0.15, 0.2) is 53.6 Å². The van der Waals surface area contributed by atoms with Gasteiger partial charge in [-0.15, -0.1) is 0 Å². The highest BCUT2D eigenvalue weighted by atomic mass is 35.5. The minimum absolute atomic E-state index is 0.146. The van der Waals surface area contributed by atoms with Gasteiger partial charge < -0.3 is 10.1 Å². The third kappa shape index (κ3) is 4.22. The smallest absolute Gasteiger partial charge is 0.261 e. The Morgan fingerprint density at radius 3 is 2.67 bits per heavy atom. The summed E-state index contributed by atoms with van der Waals surface area (Å²) in [6.45, 7) is 1.45. The number of fused-ring (bicyclic) bond motifs is 1. The van der Waals surface area contributed by atoms with E-state index in [0.29, 0.717) is 30.3 Å². The fraction of sp³-hybridized carbons (Fsp3) is 0.318. The maximum atomic E-state index is 13.5. The molecule has 3 aromatic rings. The molecule has 1 aliphatic heterocycles. The first-order chi connectivity index (χ1) is 14.5. The van der Waals surface area contributed by atoms with Crippen molar-refractivity contribution >= 4 is 28.4 Å². The van der Waals surface area contributed by atoms with E-state index in [9.17, 15) is 14.0 Å². The second kappa shape index (κ2) is 8.53. The van der Waals surface area contributed by atoms with E-state index >= 15 is 0 Å². The van der Waals surface area contributed by atoms with Gasteiger partial charge in [0.1, 0.15) is 12.4 Å². The molecule has 1 fully saturated rings. The third-order valence-electron chi connectivity index (χ3n) is 5.63. The molecule has 6 nitrogen and oxygen atoms in total. The van der Waals surface area contributed by atoms with Crippen molar-refractivity contribution in [3.63, 3.8) is 0 Å². The van der Waals surface area contributed by atoms with Gasteiger partial charge in [0.05, 0.1) is 17.2 Å². The molecule has 1 saturated heterocycles. The van der Waals surface area contributed by atoms with E-state index in [4.69, 9.17) is 16.3 Å². The van der Waals surface area contributed by atoms with Crippen LogP contribution in [0.4, 0.5) is 4.39 Å². The monoisotopic (exact) mass is 429 g/mol. The highest BCUT2D eigenvalue weighted by molar-refractivity contribution is 6.30. The summed E-state index contributed by atoms with van der Waals surface area (Å²) in [7, 11) is 0. The summed E-state index contributed by atoms with van der Waals surface area (Å²) in [5.74, 6) is -0.831. The molecule has 4 rings (SSSR count). The third-order valence-corrected chi connectivity index (χ3v) is 5.88. The Hall–Kier alpha value is -2.77. The number of benzene rings is 2. The number of ether oxygens (including phenoxy) is 1. The normalized spacial score (nSPS) is 15.8. The molecular formula is C22H21ClFN3O3. The van der Waals surface area contributed by atoms with Crippen LogP contribution in [-0.2, 0) is 21.5 Å². The Kier molecular flexibility index (Phi) is 5.83. The Bertz CT molecular complexity index is 1120. The summed E-state index contributed by atoms with van der Waals surface area (Å²) < 4.78 is 20.2. The first kappa shape index (κ1) is 20.5. The van der Waals surface area contributed by atoms with Gasteiger partial charge >= 0.3 is 0 Å². The van der Waals surface area contributed by atoms with E-state index in [1.54, 1.807) is 0 Å². The van der Waals surface area contributed by atoms with E-state index < -0.39 is 11.4 Å². The Balaban J connectivity index is 1.50. The van der Waals surface area contributed by atoms with Crippen molar-refractivity contribution in [1.29, 1.82) is 0 Å². The molecule has 0 aliphatic carbocycles. The first-order valence-electron chi connectivity index (χ1n) is 9.72. The largest absolute Gasteiger partial charge is 0.381 e. The molecule has 1 aromatic heterocycles. The van der Waals surface area contributed by atoms with Crippen molar-refractivity contribution in [3.05, 3.63) is 75.5 Å². The summed E-state index contributed by atoms with van der Waals surface area (Å²) in [5, 5.41) is 3.76. The van der Waals surface area contributed by atoms with Gasteiger partial charge in [-0.05, 0) is 48.7 Å². The number of amides is 1. The molecule has 0 unspecified atom stereocenters. The van der Waals surface area contributed by atoms with Crippen LogP contribution in [0, 0.1) is 5.82 Å². The number of hydrogen-bond donors (Lipinski definition) is 1. The molecule has 0 bridgehead atoms. The van der Waals surface area contributed by atoms with Crippen LogP contribution in [0.2, 0.25) is 5.02 Å². The standard InChI is InChI=1S/C22H21ClFN3O3/c23-16-3-1-15(2-4-16)22(7-9-30-10-8-22)13-25-20(28)12-27-14-26-19-6-5-17(24)11-18(19)21(27)29/h1-6,11,14H,7-10,12-13H2,(H,25,28). The van der Waals surface area contributed by atoms with Crippen molar-refractivity contribution in [3.8, 4) is 0 Å². The van der Waals surface area contributed by atoms with Crippen molar-refractivity contribution in [2.75, 3.05) is 19.8 Å². The molecular weight excluding hydrogens is 409 g/mol. The summed E-state index contributed by atoms with van der Waals surface area (Å²) in [5.41, 5.74) is 0.777. The van der Waals surface area contributed by atoms with Crippen molar-refractivity contribution in [2.45, 2.75) is 24.8 Å². The SMILES string of the molecule is O=C(Cn1cnc2ccc(F)cc2c1=O)NCC1(c2ccc(Cl)cc2)CCOCC1. The summed E-state index contributed by atoms with van der Waals surface area (Å²) in [6, 6.07) is 11.5. The van der Waals surface area contributed by atoms with Crippen LogP contribution in [0.1, 0.15) is 18.4 Å². The number of nitrogens with zero attached hydrogens (tertiary/aromatic N) is 2. The number of aromatic nitrogens is 2. The molecule has 0 radical (unpaired) electrons. The molecule has 1 aliphatic rings. The predicted octanol–water partition coefficient (Wildman–Crippen LogP) is 3.05. The Labute approximate surface area is 177 Å². The van der Waals surface area contributed by atoms with E-state index in [1.807, 2.05) is 24.3 Å². The second-order valence-electron chi connectivity index (χ2n) is 7.52. The van der Waals surface area contributed by atoms with E-state index in [-0.39, 0.29) is 23.3 Å². The minimum atomic E-state index is -0.520. The van der Waals surface area contributed by atoms with E-state index in [2.05, 4.69) is 10.3 Å². The topological polar surface area (TPSA) is 73.2 Å². The highest BCUT2D eigenvalue weighted by Crippen LogP contribution is 2.34. The molecule has 1 N–H and O–H groups in total.